The average Bonchev–Trinajstić information content (AvgIpc) is 2.84. The molecule has 0 aliphatic carbocycles. The standard InChI is InChI=1S/C10H9F2N3O2S2/c11-7-1-8(12)10(2-9(7)13)19(16,17)15-3-6-4-18-5-14-6/h1-2,4-5,15H,3,13H2. The number of thiazole rings is 1. The van der Waals surface area contributed by atoms with Gasteiger partial charge >= 0.3 is 0 Å². The first-order chi connectivity index (χ1) is 8.90. The normalized spacial score (nSPS) is 11.7. The van der Waals surface area contributed by atoms with Gasteiger partial charge in [-0.2, -0.15) is 0 Å². The van der Waals surface area contributed by atoms with Gasteiger partial charge in [0.1, 0.15) is 16.5 Å². The molecule has 0 unspecified atom stereocenters. The lowest BCUT2D eigenvalue weighted by molar-refractivity contribution is 0.544. The number of nitrogens with zero attached hydrogens (tertiary/aromatic N) is 1. The summed E-state index contributed by atoms with van der Waals surface area (Å²) in [6.07, 6.45) is 0. The van der Waals surface area contributed by atoms with Crippen molar-refractivity contribution in [3.05, 3.63) is 40.4 Å². The van der Waals surface area contributed by atoms with Crippen LogP contribution in [0.5, 0.6) is 0 Å². The monoisotopic (exact) mass is 305 g/mol. The molecule has 5 nitrogen and oxygen atoms in total. The third-order valence-corrected chi connectivity index (χ3v) is 4.32. The van der Waals surface area contributed by atoms with E-state index < -0.39 is 32.2 Å². The number of nitrogen functional groups attached to an aromatic ring is 1. The molecule has 0 atom stereocenters. The van der Waals surface area contributed by atoms with Crippen LogP contribution in [0.25, 0.3) is 0 Å². The first-order valence-electron chi connectivity index (χ1n) is 5.01. The van der Waals surface area contributed by atoms with Crippen LogP contribution in [0.3, 0.4) is 0 Å². The van der Waals surface area contributed by atoms with Gasteiger partial charge in [0.25, 0.3) is 0 Å². The van der Waals surface area contributed by atoms with E-state index in [1.54, 1.807) is 10.9 Å². The summed E-state index contributed by atoms with van der Waals surface area (Å²) >= 11 is 1.30. The zero-order valence-corrected chi connectivity index (χ0v) is 11.1. The summed E-state index contributed by atoms with van der Waals surface area (Å²) in [5.41, 5.74) is 6.84. The fourth-order valence-electron chi connectivity index (χ4n) is 1.32. The molecular formula is C10H9F2N3O2S2. The zero-order valence-electron chi connectivity index (χ0n) is 9.43. The summed E-state index contributed by atoms with van der Waals surface area (Å²) in [4.78, 5) is 3.19. The summed E-state index contributed by atoms with van der Waals surface area (Å²) in [6, 6.07) is 1.18. The molecule has 0 radical (unpaired) electrons. The quantitative estimate of drug-likeness (QED) is 0.838. The molecule has 0 bridgehead atoms. The fraction of sp³-hybridized carbons (Fsp3) is 0.100. The van der Waals surface area contributed by atoms with Crippen LogP contribution < -0.4 is 10.5 Å². The molecule has 0 aliphatic heterocycles. The van der Waals surface area contributed by atoms with Crippen molar-refractivity contribution < 1.29 is 17.2 Å². The van der Waals surface area contributed by atoms with E-state index in [0.29, 0.717) is 11.8 Å². The van der Waals surface area contributed by atoms with Crippen molar-refractivity contribution in [1.29, 1.82) is 0 Å². The first-order valence-corrected chi connectivity index (χ1v) is 7.44. The van der Waals surface area contributed by atoms with Gasteiger partial charge in [0, 0.05) is 11.4 Å². The third kappa shape index (κ3) is 3.06. The molecule has 0 saturated heterocycles. The van der Waals surface area contributed by atoms with Gasteiger partial charge in [-0.1, -0.05) is 0 Å². The van der Waals surface area contributed by atoms with Gasteiger partial charge in [-0.3, -0.25) is 0 Å². The Kier molecular flexibility index (Phi) is 3.78. The van der Waals surface area contributed by atoms with E-state index in [-0.39, 0.29) is 6.54 Å². The molecule has 3 N–H and O–H groups in total. The number of anilines is 1. The van der Waals surface area contributed by atoms with Crippen LogP contribution >= 0.6 is 11.3 Å². The Morgan fingerprint density at radius 2 is 2.05 bits per heavy atom. The van der Waals surface area contributed by atoms with E-state index in [2.05, 4.69) is 9.71 Å². The van der Waals surface area contributed by atoms with E-state index in [0.717, 1.165) is 6.07 Å². The van der Waals surface area contributed by atoms with Crippen molar-refractivity contribution in [2.75, 3.05) is 5.73 Å². The van der Waals surface area contributed by atoms with Gasteiger partial charge in [0.2, 0.25) is 10.0 Å². The molecule has 102 valence electrons. The lowest BCUT2D eigenvalue weighted by Gasteiger charge is -2.08. The number of rotatable bonds is 4. The predicted octanol–water partition coefficient (Wildman–Crippen LogP) is 1.48. The fourth-order valence-corrected chi connectivity index (χ4v) is 2.97. The van der Waals surface area contributed by atoms with Crippen molar-refractivity contribution in [3.63, 3.8) is 0 Å². The summed E-state index contributed by atoms with van der Waals surface area (Å²) < 4.78 is 52.3. The second kappa shape index (κ2) is 5.19. The van der Waals surface area contributed by atoms with Crippen molar-refractivity contribution in [1.82, 2.24) is 9.71 Å². The maximum absolute atomic E-state index is 13.5. The number of nitrogens with two attached hydrogens (primary N) is 1. The molecular weight excluding hydrogens is 296 g/mol. The molecule has 0 spiro atoms. The minimum atomic E-state index is -4.11. The Hall–Kier alpha value is -1.58. The molecule has 1 aromatic heterocycles. The van der Waals surface area contributed by atoms with Gasteiger partial charge in [0.05, 0.1) is 23.4 Å². The molecule has 0 fully saturated rings. The Morgan fingerprint density at radius 1 is 1.32 bits per heavy atom. The van der Waals surface area contributed by atoms with Crippen molar-refractivity contribution >= 4 is 27.0 Å². The number of halogens is 2. The van der Waals surface area contributed by atoms with Crippen LogP contribution in [0.2, 0.25) is 0 Å². The number of hydrogen-bond acceptors (Lipinski definition) is 5. The molecule has 19 heavy (non-hydrogen) atoms. The second-order valence-electron chi connectivity index (χ2n) is 3.61. The van der Waals surface area contributed by atoms with Crippen molar-refractivity contribution in [3.8, 4) is 0 Å². The van der Waals surface area contributed by atoms with Crippen LogP contribution in [0.15, 0.2) is 27.9 Å². The Bertz CT molecular complexity index is 687. The van der Waals surface area contributed by atoms with E-state index in [1.165, 1.54) is 11.3 Å². The second-order valence-corrected chi connectivity index (χ2v) is 6.06. The lowest BCUT2D eigenvalue weighted by Crippen LogP contribution is -2.24. The number of benzene rings is 1. The lowest BCUT2D eigenvalue weighted by atomic mass is 10.3. The molecule has 1 aromatic carbocycles. The molecule has 0 amide bonds. The van der Waals surface area contributed by atoms with E-state index in [4.69, 9.17) is 5.73 Å². The highest BCUT2D eigenvalue weighted by molar-refractivity contribution is 7.89. The number of aromatic nitrogens is 1. The van der Waals surface area contributed by atoms with Crippen LogP contribution in [0.4, 0.5) is 14.5 Å². The van der Waals surface area contributed by atoms with Crippen LogP contribution in [0, 0.1) is 11.6 Å². The minimum absolute atomic E-state index is 0.0808. The maximum atomic E-state index is 13.5. The average molecular weight is 305 g/mol. The topological polar surface area (TPSA) is 85.1 Å². The molecule has 0 saturated carbocycles. The summed E-state index contributed by atoms with van der Waals surface area (Å²) in [5.74, 6) is -2.20. The summed E-state index contributed by atoms with van der Waals surface area (Å²) in [7, 11) is -4.11. The molecule has 2 aromatic rings. The highest BCUT2D eigenvalue weighted by atomic mass is 32.2. The SMILES string of the molecule is Nc1cc(S(=O)(=O)NCc2cscn2)c(F)cc1F. The van der Waals surface area contributed by atoms with Gasteiger partial charge in [-0.15, -0.1) is 11.3 Å². The molecule has 9 heteroatoms. The zero-order chi connectivity index (χ0) is 14.0. The van der Waals surface area contributed by atoms with Crippen molar-refractivity contribution in [2.45, 2.75) is 11.4 Å². The number of nitrogens with one attached hydrogen (secondary N) is 1. The van der Waals surface area contributed by atoms with Gasteiger partial charge < -0.3 is 5.73 Å². The molecule has 2 rings (SSSR count). The van der Waals surface area contributed by atoms with E-state index in [9.17, 15) is 17.2 Å². The highest BCUT2D eigenvalue weighted by Crippen LogP contribution is 2.21. The van der Waals surface area contributed by atoms with Crippen LogP contribution in [-0.2, 0) is 16.6 Å². The third-order valence-electron chi connectivity index (χ3n) is 2.27. The molecule has 0 aliphatic rings. The number of hydrogen-bond donors (Lipinski definition) is 2. The highest BCUT2D eigenvalue weighted by Gasteiger charge is 2.21. The van der Waals surface area contributed by atoms with Gasteiger partial charge in [-0.05, 0) is 6.07 Å². The van der Waals surface area contributed by atoms with Gasteiger partial charge in [-0.25, -0.2) is 26.9 Å². The summed E-state index contributed by atoms with van der Waals surface area (Å²) in [6.45, 7) is -0.0808. The maximum Gasteiger partial charge on any atom is 0.243 e. The Morgan fingerprint density at radius 3 is 2.68 bits per heavy atom. The first kappa shape index (κ1) is 13.8. The van der Waals surface area contributed by atoms with E-state index in [1.807, 2.05) is 0 Å². The predicted molar refractivity (Wildman–Crippen MR) is 66.9 cm³/mol. The van der Waals surface area contributed by atoms with Crippen LogP contribution in [0.1, 0.15) is 5.69 Å². The Labute approximate surface area is 112 Å². The van der Waals surface area contributed by atoms with Crippen LogP contribution in [-0.4, -0.2) is 13.4 Å². The largest absolute Gasteiger partial charge is 0.396 e. The van der Waals surface area contributed by atoms with Gasteiger partial charge in [0.15, 0.2) is 0 Å². The Balaban J connectivity index is 2.27. The smallest absolute Gasteiger partial charge is 0.243 e. The minimum Gasteiger partial charge on any atom is -0.396 e. The van der Waals surface area contributed by atoms with Crippen molar-refractivity contribution in [2.24, 2.45) is 0 Å². The molecule has 1 heterocycles. The van der Waals surface area contributed by atoms with E-state index >= 15 is 0 Å². The number of sulfonamides is 1. The summed E-state index contributed by atoms with van der Waals surface area (Å²) in [5, 5.41) is 1.65.